The van der Waals surface area contributed by atoms with Crippen molar-refractivity contribution in [2.75, 3.05) is 19.5 Å². The Labute approximate surface area is 186 Å². The first-order valence-electron chi connectivity index (χ1n) is 9.55. The number of hydrogen-bond donors (Lipinski definition) is 1. The Morgan fingerprint density at radius 1 is 1.06 bits per heavy atom. The first-order chi connectivity index (χ1) is 14.7. The van der Waals surface area contributed by atoms with Crippen molar-refractivity contribution >= 4 is 32.2 Å². The van der Waals surface area contributed by atoms with E-state index in [-0.39, 0.29) is 17.2 Å². The molecule has 0 atom stereocenters. The van der Waals surface area contributed by atoms with Gasteiger partial charge in [-0.1, -0.05) is 12.1 Å². The van der Waals surface area contributed by atoms with Crippen LogP contribution in [0.3, 0.4) is 0 Å². The molecule has 0 bridgehead atoms. The number of anilines is 1. The van der Waals surface area contributed by atoms with Crippen molar-refractivity contribution in [2.45, 2.75) is 30.4 Å². The highest BCUT2D eigenvalue weighted by Gasteiger charge is 2.19. The smallest absolute Gasteiger partial charge is 0.230 e. The molecule has 0 unspecified atom stereocenters. The van der Waals surface area contributed by atoms with Gasteiger partial charge in [0.1, 0.15) is 0 Å². The van der Waals surface area contributed by atoms with Crippen LogP contribution in [0.5, 0.6) is 11.5 Å². The van der Waals surface area contributed by atoms with E-state index in [1.807, 2.05) is 17.5 Å². The fraction of sp³-hybridized carbons (Fsp3) is 0.273. The molecule has 1 N–H and O–H groups in total. The Morgan fingerprint density at radius 3 is 2.35 bits per heavy atom. The van der Waals surface area contributed by atoms with Gasteiger partial charge in [-0.25, -0.2) is 13.4 Å². The highest BCUT2D eigenvalue weighted by Crippen LogP contribution is 2.33. The van der Waals surface area contributed by atoms with Crippen LogP contribution in [0.1, 0.15) is 19.4 Å². The molecule has 0 fully saturated rings. The second-order valence-corrected chi connectivity index (χ2v) is 10.4. The van der Waals surface area contributed by atoms with Crippen LogP contribution in [0.25, 0.3) is 11.3 Å². The number of rotatable bonds is 8. The highest BCUT2D eigenvalue weighted by atomic mass is 32.2. The molecular weight excluding hydrogens is 436 g/mol. The molecule has 1 amide bonds. The SMILES string of the molecule is COc1ccc(-c2csc(NC(=O)Cc3ccc(S(=O)(=O)C(C)C)cc3)n2)cc1OC. The molecule has 7 nitrogen and oxygen atoms in total. The summed E-state index contributed by atoms with van der Waals surface area (Å²) >= 11 is 1.32. The van der Waals surface area contributed by atoms with Crippen molar-refractivity contribution < 1.29 is 22.7 Å². The van der Waals surface area contributed by atoms with Crippen LogP contribution in [0.2, 0.25) is 0 Å². The molecule has 0 radical (unpaired) electrons. The van der Waals surface area contributed by atoms with Crippen LogP contribution in [0, 0.1) is 0 Å². The Bertz CT molecular complexity index is 1170. The van der Waals surface area contributed by atoms with Crippen molar-refractivity contribution in [2.24, 2.45) is 0 Å². The average Bonchev–Trinajstić information content (AvgIpc) is 3.21. The number of methoxy groups -OCH3 is 2. The Balaban J connectivity index is 1.67. The van der Waals surface area contributed by atoms with E-state index in [0.29, 0.717) is 22.3 Å². The molecule has 3 rings (SSSR count). The molecule has 0 saturated carbocycles. The maximum atomic E-state index is 12.4. The highest BCUT2D eigenvalue weighted by molar-refractivity contribution is 7.92. The van der Waals surface area contributed by atoms with Gasteiger partial charge in [-0.15, -0.1) is 11.3 Å². The quantitative estimate of drug-likeness (QED) is 0.542. The first kappa shape index (κ1) is 22.8. The van der Waals surface area contributed by atoms with Gasteiger partial charge in [0.25, 0.3) is 0 Å². The van der Waals surface area contributed by atoms with Crippen LogP contribution in [0.15, 0.2) is 52.7 Å². The van der Waals surface area contributed by atoms with Gasteiger partial charge in [0, 0.05) is 10.9 Å². The number of carbonyl (C=O) groups excluding carboxylic acids is 1. The summed E-state index contributed by atoms with van der Waals surface area (Å²) in [6.45, 7) is 3.28. The molecule has 3 aromatic rings. The molecule has 2 aromatic carbocycles. The number of carbonyl (C=O) groups is 1. The van der Waals surface area contributed by atoms with Gasteiger partial charge >= 0.3 is 0 Å². The molecule has 1 heterocycles. The molecule has 0 aliphatic rings. The zero-order valence-corrected chi connectivity index (χ0v) is 19.3. The third-order valence-electron chi connectivity index (χ3n) is 4.67. The fourth-order valence-corrected chi connectivity index (χ4v) is 4.67. The van der Waals surface area contributed by atoms with Gasteiger partial charge in [0.05, 0.1) is 36.5 Å². The summed E-state index contributed by atoms with van der Waals surface area (Å²) in [6.07, 6.45) is 0.118. The number of nitrogens with one attached hydrogen (secondary N) is 1. The lowest BCUT2D eigenvalue weighted by molar-refractivity contribution is -0.115. The zero-order valence-electron chi connectivity index (χ0n) is 17.7. The fourth-order valence-electron chi connectivity index (χ4n) is 2.88. The molecule has 0 spiro atoms. The Hall–Kier alpha value is -2.91. The summed E-state index contributed by atoms with van der Waals surface area (Å²) in [5.41, 5.74) is 2.28. The maximum Gasteiger partial charge on any atom is 0.230 e. The molecule has 0 aliphatic heterocycles. The third kappa shape index (κ3) is 5.23. The lowest BCUT2D eigenvalue weighted by atomic mass is 10.1. The number of sulfone groups is 1. The first-order valence-corrected chi connectivity index (χ1v) is 12.0. The normalized spacial score (nSPS) is 11.4. The number of hydrogen-bond acceptors (Lipinski definition) is 7. The number of benzene rings is 2. The lowest BCUT2D eigenvalue weighted by Crippen LogP contribution is -2.15. The summed E-state index contributed by atoms with van der Waals surface area (Å²) in [5.74, 6) is 0.997. The molecule has 1 aromatic heterocycles. The van der Waals surface area contributed by atoms with Gasteiger partial charge in [0.15, 0.2) is 26.5 Å². The van der Waals surface area contributed by atoms with Crippen molar-refractivity contribution in [1.29, 1.82) is 0 Å². The summed E-state index contributed by atoms with van der Waals surface area (Å²) in [7, 11) is -0.187. The number of nitrogens with zero attached hydrogens (tertiary/aromatic N) is 1. The molecule has 9 heteroatoms. The average molecular weight is 461 g/mol. The molecule has 164 valence electrons. The van der Waals surface area contributed by atoms with E-state index >= 15 is 0 Å². The molecule has 0 saturated heterocycles. The summed E-state index contributed by atoms with van der Waals surface area (Å²) in [6, 6.07) is 11.9. The minimum atomic E-state index is -3.33. The monoisotopic (exact) mass is 460 g/mol. The predicted octanol–water partition coefficient (Wildman–Crippen LogP) is 4.19. The molecule has 0 aliphatic carbocycles. The maximum absolute atomic E-state index is 12.4. The van der Waals surface area contributed by atoms with Gasteiger partial charge in [-0.2, -0.15) is 0 Å². The third-order valence-corrected chi connectivity index (χ3v) is 7.60. The van der Waals surface area contributed by atoms with Crippen molar-refractivity contribution in [3.05, 3.63) is 53.4 Å². The van der Waals surface area contributed by atoms with Gasteiger partial charge < -0.3 is 14.8 Å². The van der Waals surface area contributed by atoms with Crippen LogP contribution >= 0.6 is 11.3 Å². The van der Waals surface area contributed by atoms with Gasteiger partial charge in [0.2, 0.25) is 5.91 Å². The van der Waals surface area contributed by atoms with Crippen molar-refractivity contribution in [3.63, 3.8) is 0 Å². The Kier molecular flexibility index (Phi) is 6.97. The minimum absolute atomic E-state index is 0.118. The van der Waals surface area contributed by atoms with E-state index in [9.17, 15) is 13.2 Å². The largest absolute Gasteiger partial charge is 0.493 e. The van der Waals surface area contributed by atoms with E-state index in [1.165, 1.54) is 23.5 Å². The van der Waals surface area contributed by atoms with Crippen LogP contribution < -0.4 is 14.8 Å². The van der Waals surface area contributed by atoms with Crippen LogP contribution in [0.4, 0.5) is 5.13 Å². The number of aromatic nitrogens is 1. The van der Waals surface area contributed by atoms with Crippen molar-refractivity contribution in [3.8, 4) is 22.8 Å². The topological polar surface area (TPSA) is 94.6 Å². The number of thiazole rings is 1. The number of amides is 1. The molecular formula is C22H24N2O5S2. The van der Waals surface area contributed by atoms with Crippen LogP contribution in [-0.2, 0) is 21.1 Å². The van der Waals surface area contributed by atoms with E-state index in [0.717, 1.165) is 11.1 Å². The van der Waals surface area contributed by atoms with E-state index in [4.69, 9.17) is 9.47 Å². The summed E-state index contributed by atoms with van der Waals surface area (Å²) < 4.78 is 35.0. The zero-order chi connectivity index (χ0) is 22.6. The van der Waals surface area contributed by atoms with E-state index in [2.05, 4.69) is 10.3 Å². The van der Waals surface area contributed by atoms with Crippen molar-refractivity contribution in [1.82, 2.24) is 4.98 Å². The summed E-state index contributed by atoms with van der Waals surface area (Å²) in [4.78, 5) is 17.1. The lowest BCUT2D eigenvalue weighted by Gasteiger charge is -2.09. The minimum Gasteiger partial charge on any atom is -0.493 e. The second-order valence-electron chi connectivity index (χ2n) is 7.07. The summed E-state index contributed by atoms with van der Waals surface area (Å²) in [5, 5.41) is 4.63. The predicted molar refractivity (Wildman–Crippen MR) is 122 cm³/mol. The number of ether oxygens (including phenoxy) is 2. The van der Waals surface area contributed by atoms with Gasteiger partial charge in [-0.3, -0.25) is 4.79 Å². The molecule has 31 heavy (non-hydrogen) atoms. The second kappa shape index (κ2) is 9.49. The Morgan fingerprint density at radius 2 is 1.74 bits per heavy atom. The standard InChI is InChI=1S/C22H24N2O5S2/c1-14(2)31(26,27)17-8-5-15(6-9-17)11-21(25)24-22-23-18(13-30-22)16-7-10-19(28-3)20(12-16)29-4/h5-10,12-14H,11H2,1-4H3,(H,23,24,25). The van der Waals surface area contributed by atoms with Gasteiger partial charge in [-0.05, 0) is 49.7 Å². The van der Waals surface area contributed by atoms with Crippen LogP contribution in [-0.4, -0.2) is 38.8 Å². The van der Waals surface area contributed by atoms with E-state index in [1.54, 1.807) is 46.3 Å². The van der Waals surface area contributed by atoms with E-state index < -0.39 is 15.1 Å².